The highest BCUT2D eigenvalue weighted by Crippen LogP contribution is 2.46. The van der Waals surface area contributed by atoms with Crippen LogP contribution in [0, 0.1) is 10.8 Å². The molecule has 0 aromatic carbocycles. The summed E-state index contributed by atoms with van der Waals surface area (Å²) in [5.74, 6) is 0. The molecule has 1 nitrogen and oxygen atoms in total. The van der Waals surface area contributed by atoms with Gasteiger partial charge in [0.1, 0.15) is 0 Å². The molecule has 1 saturated carbocycles. The van der Waals surface area contributed by atoms with Gasteiger partial charge in [0.05, 0.1) is 0 Å². The molecule has 0 aliphatic heterocycles. The Hall–Kier alpha value is -0.0400. The van der Waals surface area contributed by atoms with Crippen LogP contribution < -0.4 is 5.32 Å². The van der Waals surface area contributed by atoms with E-state index in [4.69, 9.17) is 0 Å². The minimum absolute atomic E-state index is 0.509. The molecule has 1 aliphatic carbocycles. The lowest BCUT2D eigenvalue weighted by molar-refractivity contribution is 0.0983. The molecule has 84 valence electrons. The fourth-order valence-electron chi connectivity index (χ4n) is 2.22. The summed E-state index contributed by atoms with van der Waals surface area (Å²) >= 11 is 0. The Morgan fingerprint density at radius 2 is 1.86 bits per heavy atom. The monoisotopic (exact) mass is 197 g/mol. The average molecular weight is 197 g/mol. The highest BCUT2D eigenvalue weighted by molar-refractivity contribution is 4.90. The second kappa shape index (κ2) is 4.65. The summed E-state index contributed by atoms with van der Waals surface area (Å²) < 4.78 is 0. The molecule has 1 heteroatoms. The van der Waals surface area contributed by atoms with Gasteiger partial charge in [-0.3, -0.25) is 0 Å². The first kappa shape index (κ1) is 12.0. The summed E-state index contributed by atoms with van der Waals surface area (Å²) in [6.07, 6.45) is 7.16. The second-order valence-corrected chi connectivity index (χ2v) is 6.19. The standard InChI is InChI=1S/C13H27N/c1-5-14-11-13(7-6-8-13)10-9-12(2,3)4/h14H,5-11H2,1-4H3. The van der Waals surface area contributed by atoms with Crippen LogP contribution in [0.25, 0.3) is 0 Å². The Morgan fingerprint density at radius 3 is 2.21 bits per heavy atom. The van der Waals surface area contributed by atoms with Crippen molar-refractivity contribution in [2.75, 3.05) is 13.1 Å². The smallest absolute Gasteiger partial charge is 0.000769 e. The molecule has 0 aromatic rings. The first-order chi connectivity index (χ1) is 6.47. The van der Waals surface area contributed by atoms with Crippen molar-refractivity contribution in [3.8, 4) is 0 Å². The Kier molecular flexibility index (Phi) is 4.00. The summed E-state index contributed by atoms with van der Waals surface area (Å²) in [5.41, 5.74) is 1.18. The minimum atomic E-state index is 0.509. The average Bonchev–Trinajstić information content (AvgIpc) is 2.00. The maximum Gasteiger partial charge on any atom is 0.000769 e. The van der Waals surface area contributed by atoms with E-state index in [-0.39, 0.29) is 0 Å². The predicted octanol–water partition coefficient (Wildman–Crippen LogP) is 3.59. The molecular weight excluding hydrogens is 170 g/mol. The van der Waals surface area contributed by atoms with Crippen LogP contribution in [-0.4, -0.2) is 13.1 Å². The van der Waals surface area contributed by atoms with E-state index in [0.29, 0.717) is 10.8 Å². The molecule has 1 N–H and O–H groups in total. The summed E-state index contributed by atoms with van der Waals surface area (Å²) in [7, 11) is 0. The predicted molar refractivity (Wildman–Crippen MR) is 63.5 cm³/mol. The highest BCUT2D eigenvalue weighted by Gasteiger charge is 2.36. The number of nitrogens with one attached hydrogen (secondary N) is 1. The van der Waals surface area contributed by atoms with E-state index in [9.17, 15) is 0 Å². The third-order valence-electron chi connectivity index (χ3n) is 3.57. The summed E-state index contributed by atoms with van der Waals surface area (Å²) in [5, 5.41) is 3.53. The molecule has 0 saturated heterocycles. The van der Waals surface area contributed by atoms with Gasteiger partial charge in [-0.2, -0.15) is 0 Å². The van der Waals surface area contributed by atoms with E-state index in [0.717, 1.165) is 6.54 Å². The lowest BCUT2D eigenvalue weighted by Gasteiger charge is -2.43. The van der Waals surface area contributed by atoms with Crippen molar-refractivity contribution < 1.29 is 0 Å². The Labute approximate surface area is 89.7 Å². The topological polar surface area (TPSA) is 12.0 Å². The van der Waals surface area contributed by atoms with E-state index in [1.165, 1.54) is 38.6 Å². The molecule has 0 atom stereocenters. The zero-order valence-electron chi connectivity index (χ0n) is 10.4. The first-order valence-electron chi connectivity index (χ1n) is 6.18. The van der Waals surface area contributed by atoms with Gasteiger partial charge in [0.2, 0.25) is 0 Å². The Balaban J connectivity index is 2.30. The zero-order chi connectivity index (χ0) is 10.7. The molecular formula is C13H27N. The molecule has 0 radical (unpaired) electrons. The van der Waals surface area contributed by atoms with Crippen molar-refractivity contribution in [2.24, 2.45) is 10.8 Å². The summed E-state index contributed by atoms with van der Waals surface area (Å²) in [4.78, 5) is 0. The van der Waals surface area contributed by atoms with Gasteiger partial charge in [0.15, 0.2) is 0 Å². The molecule has 0 amide bonds. The summed E-state index contributed by atoms with van der Waals surface area (Å²) in [6.45, 7) is 11.6. The van der Waals surface area contributed by atoms with Gasteiger partial charge in [-0.25, -0.2) is 0 Å². The minimum Gasteiger partial charge on any atom is -0.316 e. The molecule has 0 bridgehead atoms. The Bertz CT molecular complexity index is 163. The maximum absolute atomic E-state index is 3.53. The quantitative estimate of drug-likeness (QED) is 0.710. The first-order valence-corrected chi connectivity index (χ1v) is 6.18. The molecule has 0 spiro atoms. The molecule has 1 rings (SSSR count). The van der Waals surface area contributed by atoms with Crippen molar-refractivity contribution in [3.63, 3.8) is 0 Å². The molecule has 0 aromatic heterocycles. The fourth-order valence-corrected chi connectivity index (χ4v) is 2.22. The highest BCUT2D eigenvalue weighted by atomic mass is 14.9. The van der Waals surface area contributed by atoms with Crippen molar-refractivity contribution >= 4 is 0 Å². The number of rotatable bonds is 5. The van der Waals surface area contributed by atoms with Crippen LogP contribution in [0.4, 0.5) is 0 Å². The second-order valence-electron chi connectivity index (χ2n) is 6.19. The van der Waals surface area contributed by atoms with Gasteiger partial charge < -0.3 is 5.32 Å². The van der Waals surface area contributed by atoms with Crippen molar-refractivity contribution in [1.29, 1.82) is 0 Å². The third-order valence-corrected chi connectivity index (χ3v) is 3.57. The zero-order valence-corrected chi connectivity index (χ0v) is 10.4. The lowest BCUT2D eigenvalue weighted by atomic mass is 9.64. The number of hydrogen-bond donors (Lipinski definition) is 1. The van der Waals surface area contributed by atoms with Gasteiger partial charge in [-0.15, -0.1) is 0 Å². The van der Waals surface area contributed by atoms with Crippen LogP contribution in [0.1, 0.15) is 59.8 Å². The van der Waals surface area contributed by atoms with Gasteiger partial charge >= 0.3 is 0 Å². The van der Waals surface area contributed by atoms with Gasteiger partial charge in [0.25, 0.3) is 0 Å². The molecule has 0 heterocycles. The van der Waals surface area contributed by atoms with Gasteiger partial charge in [-0.1, -0.05) is 34.1 Å². The van der Waals surface area contributed by atoms with Crippen molar-refractivity contribution in [2.45, 2.75) is 59.8 Å². The maximum atomic E-state index is 3.53. The Morgan fingerprint density at radius 1 is 1.21 bits per heavy atom. The van der Waals surface area contributed by atoms with Crippen LogP contribution in [0.3, 0.4) is 0 Å². The molecule has 14 heavy (non-hydrogen) atoms. The SMILES string of the molecule is CCNCC1(CCC(C)(C)C)CCC1. The summed E-state index contributed by atoms with van der Waals surface area (Å²) in [6, 6.07) is 0. The van der Waals surface area contributed by atoms with Crippen LogP contribution in [0.15, 0.2) is 0 Å². The van der Waals surface area contributed by atoms with Crippen LogP contribution in [-0.2, 0) is 0 Å². The van der Waals surface area contributed by atoms with Crippen LogP contribution >= 0.6 is 0 Å². The van der Waals surface area contributed by atoms with E-state index in [1.54, 1.807) is 0 Å². The van der Waals surface area contributed by atoms with Crippen LogP contribution in [0.5, 0.6) is 0 Å². The van der Waals surface area contributed by atoms with Gasteiger partial charge in [0, 0.05) is 6.54 Å². The lowest BCUT2D eigenvalue weighted by Crippen LogP contribution is -2.40. The van der Waals surface area contributed by atoms with E-state index < -0.39 is 0 Å². The molecule has 1 aliphatic rings. The van der Waals surface area contributed by atoms with Crippen LogP contribution in [0.2, 0.25) is 0 Å². The number of hydrogen-bond acceptors (Lipinski definition) is 1. The van der Waals surface area contributed by atoms with Gasteiger partial charge in [-0.05, 0) is 43.1 Å². The molecule has 0 unspecified atom stereocenters. The normalized spacial score (nSPS) is 20.6. The van der Waals surface area contributed by atoms with E-state index in [1.807, 2.05) is 0 Å². The van der Waals surface area contributed by atoms with Crippen molar-refractivity contribution in [1.82, 2.24) is 5.32 Å². The third kappa shape index (κ3) is 3.61. The van der Waals surface area contributed by atoms with Crippen molar-refractivity contribution in [3.05, 3.63) is 0 Å². The largest absolute Gasteiger partial charge is 0.316 e. The van der Waals surface area contributed by atoms with E-state index in [2.05, 4.69) is 33.0 Å². The van der Waals surface area contributed by atoms with E-state index >= 15 is 0 Å². The molecule has 1 fully saturated rings. The fraction of sp³-hybridized carbons (Fsp3) is 1.00.